The Balaban J connectivity index is 2.04. The summed E-state index contributed by atoms with van der Waals surface area (Å²) in [4.78, 5) is 8.97. The molecule has 1 fully saturated rings. The van der Waals surface area contributed by atoms with E-state index in [1.54, 1.807) is 0 Å². The topological polar surface area (TPSA) is 52.4 Å². The minimum Gasteiger partial charge on any atom is -0.373 e. The lowest BCUT2D eigenvalue weighted by atomic mass is 10.1. The Morgan fingerprint density at radius 2 is 2.00 bits per heavy atom. The average Bonchev–Trinajstić information content (AvgIpc) is 2.43. The largest absolute Gasteiger partial charge is 0.373 e. The second kappa shape index (κ2) is 7.08. The summed E-state index contributed by atoms with van der Waals surface area (Å²) >= 11 is 0. The third-order valence-corrected chi connectivity index (χ3v) is 4.08. The Bertz CT molecular complexity index is 557. The van der Waals surface area contributed by atoms with Gasteiger partial charge in [0.2, 0.25) is 0 Å². The molecule has 0 amide bonds. The van der Waals surface area contributed by atoms with Crippen LogP contribution in [0, 0.1) is 25.2 Å². The standard InChI is InChI=1S/C17H26N4O/c1-12-8-17(16(9-18)15(4)19-12)20(5)6-7-21-10-13(2)22-14(3)11-21/h8,13-14H,6-7,10-11H2,1-5H3/t13-,14+. The highest BCUT2D eigenvalue weighted by Crippen LogP contribution is 2.22. The van der Waals surface area contributed by atoms with E-state index in [0.29, 0.717) is 5.56 Å². The Morgan fingerprint density at radius 1 is 1.36 bits per heavy atom. The molecule has 120 valence electrons. The van der Waals surface area contributed by atoms with Crippen molar-refractivity contribution in [1.29, 1.82) is 5.26 Å². The number of pyridine rings is 1. The number of morpholine rings is 1. The van der Waals surface area contributed by atoms with Gasteiger partial charge in [-0.2, -0.15) is 5.26 Å². The zero-order valence-electron chi connectivity index (χ0n) is 14.3. The lowest BCUT2D eigenvalue weighted by molar-refractivity contribution is -0.0670. The molecule has 2 heterocycles. The molecular formula is C17H26N4O. The maximum Gasteiger partial charge on any atom is 0.103 e. The highest BCUT2D eigenvalue weighted by molar-refractivity contribution is 5.61. The Kier molecular flexibility index (Phi) is 5.38. The van der Waals surface area contributed by atoms with Gasteiger partial charge in [0.1, 0.15) is 6.07 Å². The maximum atomic E-state index is 9.38. The third kappa shape index (κ3) is 3.96. The number of likely N-dealkylation sites (N-methyl/N-ethyl adjacent to an activating group) is 1. The van der Waals surface area contributed by atoms with Gasteiger partial charge in [-0.25, -0.2) is 0 Å². The first-order valence-corrected chi connectivity index (χ1v) is 7.88. The Labute approximate surface area is 133 Å². The van der Waals surface area contributed by atoms with Crippen LogP contribution in [0.15, 0.2) is 6.07 Å². The van der Waals surface area contributed by atoms with Gasteiger partial charge in [0.15, 0.2) is 0 Å². The number of aryl methyl sites for hydroxylation is 2. The number of aromatic nitrogens is 1. The van der Waals surface area contributed by atoms with E-state index in [1.807, 2.05) is 27.0 Å². The van der Waals surface area contributed by atoms with Crippen LogP contribution in [0.1, 0.15) is 30.8 Å². The lowest BCUT2D eigenvalue weighted by Crippen LogP contribution is -2.47. The molecule has 1 saturated heterocycles. The summed E-state index contributed by atoms with van der Waals surface area (Å²) in [5.74, 6) is 0. The monoisotopic (exact) mass is 302 g/mol. The third-order valence-electron chi connectivity index (χ3n) is 4.08. The predicted molar refractivity (Wildman–Crippen MR) is 88.1 cm³/mol. The molecule has 2 rings (SSSR count). The molecule has 0 unspecified atom stereocenters. The van der Waals surface area contributed by atoms with Crippen LogP contribution >= 0.6 is 0 Å². The molecule has 1 aliphatic heterocycles. The van der Waals surface area contributed by atoms with Gasteiger partial charge in [0.25, 0.3) is 0 Å². The van der Waals surface area contributed by atoms with Gasteiger partial charge in [0.05, 0.1) is 29.2 Å². The van der Waals surface area contributed by atoms with Crippen LogP contribution in [0.25, 0.3) is 0 Å². The summed E-state index contributed by atoms with van der Waals surface area (Å²) in [6.07, 6.45) is 0.572. The Morgan fingerprint density at radius 3 is 2.59 bits per heavy atom. The molecule has 5 nitrogen and oxygen atoms in total. The molecule has 0 radical (unpaired) electrons. The zero-order chi connectivity index (χ0) is 16.3. The number of anilines is 1. The van der Waals surface area contributed by atoms with Crippen molar-refractivity contribution in [3.05, 3.63) is 23.0 Å². The number of nitriles is 1. The molecule has 1 aliphatic rings. The van der Waals surface area contributed by atoms with E-state index in [2.05, 4.69) is 34.7 Å². The highest BCUT2D eigenvalue weighted by Gasteiger charge is 2.22. The van der Waals surface area contributed by atoms with Gasteiger partial charge in [-0.3, -0.25) is 9.88 Å². The maximum absolute atomic E-state index is 9.38. The predicted octanol–water partition coefficient (Wildman–Crippen LogP) is 2.12. The highest BCUT2D eigenvalue weighted by atomic mass is 16.5. The van der Waals surface area contributed by atoms with Crippen LogP contribution in [0.3, 0.4) is 0 Å². The molecule has 0 N–H and O–H groups in total. The first kappa shape index (κ1) is 16.7. The van der Waals surface area contributed by atoms with Crippen LogP contribution in [0.4, 0.5) is 5.69 Å². The first-order valence-electron chi connectivity index (χ1n) is 7.88. The van der Waals surface area contributed by atoms with Crippen LogP contribution in [0.5, 0.6) is 0 Å². The minimum absolute atomic E-state index is 0.286. The van der Waals surface area contributed by atoms with E-state index in [1.165, 1.54) is 0 Å². The fraction of sp³-hybridized carbons (Fsp3) is 0.647. The molecule has 1 aromatic heterocycles. The zero-order valence-corrected chi connectivity index (χ0v) is 14.3. The van der Waals surface area contributed by atoms with Gasteiger partial charge < -0.3 is 9.64 Å². The van der Waals surface area contributed by atoms with Crippen molar-refractivity contribution in [2.24, 2.45) is 0 Å². The van der Waals surface area contributed by atoms with Gasteiger partial charge >= 0.3 is 0 Å². The van der Waals surface area contributed by atoms with Crippen LogP contribution in [0.2, 0.25) is 0 Å². The van der Waals surface area contributed by atoms with Crippen molar-refractivity contribution < 1.29 is 4.74 Å². The molecule has 0 bridgehead atoms. The average molecular weight is 302 g/mol. The quantitative estimate of drug-likeness (QED) is 0.852. The molecule has 2 atom stereocenters. The SMILES string of the molecule is Cc1cc(N(C)CCN2C[C@@H](C)O[C@@H](C)C2)c(C#N)c(C)n1. The summed E-state index contributed by atoms with van der Waals surface area (Å²) < 4.78 is 5.77. The number of nitrogens with zero attached hydrogens (tertiary/aromatic N) is 4. The van der Waals surface area contributed by atoms with E-state index in [0.717, 1.165) is 43.3 Å². The molecule has 5 heteroatoms. The summed E-state index contributed by atoms with van der Waals surface area (Å²) in [6.45, 7) is 11.9. The molecule has 0 spiro atoms. The number of hydrogen-bond acceptors (Lipinski definition) is 5. The second-order valence-corrected chi connectivity index (χ2v) is 6.29. The number of hydrogen-bond donors (Lipinski definition) is 0. The first-order chi connectivity index (χ1) is 10.4. The molecule has 22 heavy (non-hydrogen) atoms. The second-order valence-electron chi connectivity index (χ2n) is 6.29. The fourth-order valence-corrected chi connectivity index (χ4v) is 3.13. The molecule has 1 aromatic rings. The Hall–Kier alpha value is -1.64. The van der Waals surface area contributed by atoms with Crippen molar-refractivity contribution in [3.63, 3.8) is 0 Å². The van der Waals surface area contributed by atoms with Crippen LogP contribution < -0.4 is 4.90 Å². The van der Waals surface area contributed by atoms with E-state index < -0.39 is 0 Å². The molecule has 0 aromatic carbocycles. The molecular weight excluding hydrogens is 276 g/mol. The van der Waals surface area contributed by atoms with Gasteiger partial charge in [-0.15, -0.1) is 0 Å². The van der Waals surface area contributed by atoms with Crippen LogP contribution in [-0.4, -0.2) is 55.3 Å². The van der Waals surface area contributed by atoms with E-state index in [4.69, 9.17) is 4.74 Å². The minimum atomic E-state index is 0.286. The van der Waals surface area contributed by atoms with Crippen molar-refractivity contribution in [2.75, 3.05) is 38.1 Å². The van der Waals surface area contributed by atoms with Crippen molar-refractivity contribution in [1.82, 2.24) is 9.88 Å². The van der Waals surface area contributed by atoms with Crippen molar-refractivity contribution >= 4 is 5.69 Å². The van der Waals surface area contributed by atoms with Crippen molar-refractivity contribution in [2.45, 2.75) is 39.9 Å². The van der Waals surface area contributed by atoms with E-state index >= 15 is 0 Å². The molecule has 0 aliphatic carbocycles. The fourth-order valence-electron chi connectivity index (χ4n) is 3.13. The van der Waals surface area contributed by atoms with Crippen LogP contribution in [-0.2, 0) is 4.74 Å². The van der Waals surface area contributed by atoms with E-state index in [9.17, 15) is 5.26 Å². The lowest BCUT2D eigenvalue weighted by Gasteiger charge is -2.36. The van der Waals surface area contributed by atoms with Gasteiger partial charge in [0, 0.05) is 38.9 Å². The van der Waals surface area contributed by atoms with E-state index in [-0.39, 0.29) is 12.2 Å². The van der Waals surface area contributed by atoms with Gasteiger partial charge in [-0.05, 0) is 33.8 Å². The van der Waals surface area contributed by atoms with Crippen molar-refractivity contribution in [3.8, 4) is 6.07 Å². The summed E-state index contributed by atoms with van der Waals surface area (Å²) in [6, 6.07) is 4.28. The summed E-state index contributed by atoms with van der Waals surface area (Å²) in [5.41, 5.74) is 3.41. The summed E-state index contributed by atoms with van der Waals surface area (Å²) in [5, 5.41) is 9.38. The number of ether oxygens (including phenoxy) is 1. The molecule has 0 saturated carbocycles. The summed E-state index contributed by atoms with van der Waals surface area (Å²) in [7, 11) is 2.04. The normalized spacial score (nSPS) is 22.4. The smallest absolute Gasteiger partial charge is 0.103 e. The number of rotatable bonds is 4. The van der Waals surface area contributed by atoms with Gasteiger partial charge in [-0.1, -0.05) is 0 Å².